The van der Waals surface area contributed by atoms with Crippen LogP contribution in [0.15, 0.2) is 94.5 Å². The van der Waals surface area contributed by atoms with Gasteiger partial charge in [-0.05, 0) is 13.0 Å². The Labute approximate surface area is 201 Å². The number of hydrogen-bond acceptors (Lipinski definition) is 7. The lowest BCUT2D eigenvalue weighted by atomic mass is 10.0. The third-order valence-electron chi connectivity index (χ3n) is 5.27. The van der Waals surface area contributed by atoms with Gasteiger partial charge in [0.25, 0.3) is 0 Å². The van der Waals surface area contributed by atoms with Gasteiger partial charge in [0.1, 0.15) is 17.0 Å². The first-order valence-corrected chi connectivity index (χ1v) is 11.9. The Morgan fingerprint density at radius 2 is 1.50 bits per heavy atom. The van der Waals surface area contributed by atoms with Crippen molar-refractivity contribution in [3.05, 3.63) is 96.3 Å². The molecule has 0 saturated carbocycles. The summed E-state index contributed by atoms with van der Waals surface area (Å²) in [4.78, 5) is 17.4. The van der Waals surface area contributed by atoms with Crippen molar-refractivity contribution in [2.45, 2.75) is 17.8 Å². The van der Waals surface area contributed by atoms with E-state index in [2.05, 4.69) is 10.2 Å². The number of furan rings is 1. The molecule has 2 aromatic heterocycles. The zero-order chi connectivity index (χ0) is 23.3. The highest BCUT2D eigenvalue weighted by Crippen LogP contribution is 2.34. The average molecular weight is 468 g/mol. The van der Waals surface area contributed by atoms with Crippen molar-refractivity contribution in [3.63, 3.8) is 0 Å². The van der Waals surface area contributed by atoms with Crippen LogP contribution < -0.4 is 0 Å². The standard InChI is InChI=1S/C27H21N3O3S/c1-2-32-26(31)25-21(20-15-9-10-16-22(20)33-25)17-34-27-28-23(18-11-5-3-6-12-18)24(29-30-27)19-13-7-4-8-14-19/h3-16H,2,17H2,1H3. The van der Waals surface area contributed by atoms with E-state index in [0.29, 0.717) is 16.5 Å². The van der Waals surface area contributed by atoms with Gasteiger partial charge >= 0.3 is 5.97 Å². The highest BCUT2D eigenvalue weighted by Gasteiger charge is 2.22. The summed E-state index contributed by atoms with van der Waals surface area (Å²) in [6.45, 7) is 2.05. The van der Waals surface area contributed by atoms with Gasteiger partial charge in [-0.1, -0.05) is 90.6 Å². The molecule has 0 aliphatic rings. The number of thioether (sulfide) groups is 1. The molecule has 7 heteroatoms. The van der Waals surface area contributed by atoms with Crippen LogP contribution in [0.4, 0.5) is 0 Å². The van der Waals surface area contributed by atoms with Gasteiger partial charge in [0, 0.05) is 27.8 Å². The van der Waals surface area contributed by atoms with Gasteiger partial charge in [-0.25, -0.2) is 9.78 Å². The number of aromatic nitrogens is 3. The summed E-state index contributed by atoms with van der Waals surface area (Å²) in [5.74, 6) is 0.177. The molecule has 6 nitrogen and oxygen atoms in total. The molecular formula is C27H21N3O3S. The summed E-state index contributed by atoms with van der Waals surface area (Å²) in [7, 11) is 0. The van der Waals surface area contributed by atoms with Crippen molar-refractivity contribution in [1.29, 1.82) is 0 Å². The summed E-state index contributed by atoms with van der Waals surface area (Å²) in [5.41, 5.74) is 4.78. The second-order valence-electron chi connectivity index (χ2n) is 7.44. The zero-order valence-electron chi connectivity index (χ0n) is 18.5. The summed E-state index contributed by atoms with van der Waals surface area (Å²) < 4.78 is 11.0. The van der Waals surface area contributed by atoms with Crippen LogP contribution in [0.5, 0.6) is 0 Å². The van der Waals surface area contributed by atoms with Crippen molar-refractivity contribution < 1.29 is 13.9 Å². The summed E-state index contributed by atoms with van der Waals surface area (Å²) >= 11 is 1.40. The van der Waals surface area contributed by atoms with Crippen molar-refractivity contribution in [1.82, 2.24) is 15.2 Å². The molecule has 0 aliphatic carbocycles. The minimum absolute atomic E-state index is 0.215. The van der Waals surface area contributed by atoms with Crippen LogP contribution >= 0.6 is 11.8 Å². The molecule has 168 valence electrons. The monoisotopic (exact) mass is 467 g/mol. The van der Waals surface area contributed by atoms with Crippen molar-refractivity contribution in [3.8, 4) is 22.5 Å². The van der Waals surface area contributed by atoms with E-state index >= 15 is 0 Å². The Morgan fingerprint density at radius 3 is 2.21 bits per heavy atom. The number of carbonyl (C=O) groups is 1. The highest BCUT2D eigenvalue weighted by molar-refractivity contribution is 7.98. The van der Waals surface area contributed by atoms with Crippen LogP contribution in [0.25, 0.3) is 33.5 Å². The smallest absolute Gasteiger partial charge is 0.374 e. The number of para-hydroxylation sites is 1. The fourth-order valence-electron chi connectivity index (χ4n) is 3.70. The number of hydrogen-bond donors (Lipinski definition) is 0. The Hall–Kier alpha value is -3.97. The van der Waals surface area contributed by atoms with Crippen molar-refractivity contribution in [2.75, 3.05) is 6.61 Å². The van der Waals surface area contributed by atoms with Gasteiger partial charge < -0.3 is 9.15 Å². The van der Waals surface area contributed by atoms with E-state index in [1.165, 1.54) is 11.8 Å². The zero-order valence-corrected chi connectivity index (χ0v) is 19.3. The molecule has 0 N–H and O–H groups in total. The van der Waals surface area contributed by atoms with Crippen molar-refractivity contribution in [2.24, 2.45) is 0 Å². The largest absolute Gasteiger partial charge is 0.460 e. The minimum atomic E-state index is -0.474. The molecule has 0 saturated heterocycles. The number of carbonyl (C=O) groups excluding carboxylic acids is 1. The van der Waals surface area contributed by atoms with Crippen LogP contribution in [0, 0.1) is 0 Å². The predicted octanol–water partition coefficient (Wildman–Crippen LogP) is 6.42. The predicted molar refractivity (Wildman–Crippen MR) is 132 cm³/mol. The molecule has 0 fully saturated rings. The molecular weight excluding hydrogens is 446 g/mol. The van der Waals surface area contributed by atoms with Crippen molar-refractivity contribution >= 4 is 28.7 Å². The second-order valence-corrected chi connectivity index (χ2v) is 8.38. The summed E-state index contributed by atoms with van der Waals surface area (Å²) in [5, 5.41) is 10.3. The fraction of sp³-hybridized carbons (Fsp3) is 0.111. The lowest BCUT2D eigenvalue weighted by Crippen LogP contribution is -2.06. The topological polar surface area (TPSA) is 78.1 Å². The Bertz CT molecular complexity index is 1440. The molecule has 0 aliphatic heterocycles. The Balaban J connectivity index is 1.51. The molecule has 0 bridgehead atoms. The number of esters is 1. The Morgan fingerprint density at radius 1 is 0.853 bits per heavy atom. The van der Waals surface area contributed by atoms with Gasteiger partial charge in [-0.15, -0.1) is 10.2 Å². The van der Waals surface area contributed by atoms with Crippen LogP contribution in [0.2, 0.25) is 0 Å². The lowest BCUT2D eigenvalue weighted by molar-refractivity contribution is 0.0491. The number of rotatable bonds is 7. The lowest BCUT2D eigenvalue weighted by Gasteiger charge is -2.09. The van der Waals surface area contributed by atoms with Crippen LogP contribution in [-0.2, 0) is 10.5 Å². The third kappa shape index (κ3) is 4.43. The van der Waals surface area contributed by atoms with E-state index in [0.717, 1.165) is 33.5 Å². The van der Waals surface area contributed by atoms with Gasteiger partial charge in [0.15, 0.2) is 0 Å². The molecule has 0 radical (unpaired) electrons. The van der Waals surface area contributed by atoms with E-state index in [4.69, 9.17) is 14.1 Å². The maximum absolute atomic E-state index is 12.5. The molecule has 5 rings (SSSR count). The maximum atomic E-state index is 12.5. The summed E-state index contributed by atoms with van der Waals surface area (Å²) in [6, 6.07) is 27.4. The number of benzene rings is 3. The first kappa shape index (κ1) is 21.9. The first-order valence-electron chi connectivity index (χ1n) is 10.9. The van der Waals surface area contributed by atoms with E-state index < -0.39 is 5.97 Å². The molecule has 0 atom stereocenters. The number of ether oxygens (including phenoxy) is 1. The SMILES string of the molecule is CCOC(=O)c1oc2ccccc2c1CSc1nnc(-c2ccccc2)c(-c2ccccc2)n1. The minimum Gasteiger partial charge on any atom is -0.460 e. The molecule has 0 spiro atoms. The van der Waals surface area contributed by atoms with E-state index in [9.17, 15) is 4.79 Å². The van der Waals surface area contributed by atoms with Gasteiger partial charge in [-0.2, -0.15) is 0 Å². The molecule has 2 heterocycles. The third-order valence-corrected chi connectivity index (χ3v) is 6.13. The normalized spacial score (nSPS) is 11.0. The van der Waals surface area contributed by atoms with Crippen LogP contribution in [0.1, 0.15) is 23.0 Å². The molecule has 0 amide bonds. The van der Waals surface area contributed by atoms with Gasteiger partial charge in [0.05, 0.1) is 6.61 Å². The Kier molecular flexibility index (Phi) is 6.35. The van der Waals surface area contributed by atoms with Gasteiger partial charge in [0.2, 0.25) is 10.9 Å². The quantitative estimate of drug-likeness (QED) is 0.202. The molecule has 5 aromatic rings. The maximum Gasteiger partial charge on any atom is 0.374 e. The fourth-order valence-corrected chi connectivity index (χ4v) is 4.51. The first-order chi connectivity index (χ1) is 16.7. The molecule has 34 heavy (non-hydrogen) atoms. The van der Waals surface area contributed by atoms with Gasteiger partial charge in [-0.3, -0.25) is 0 Å². The second kappa shape index (κ2) is 9.89. The average Bonchev–Trinajstić information content (AvgIpc) is 3.27. The van der Waals surface area contributed by atoms with E-state index in [1.54, 1.807) is 6.92 Å². The summed E-state index contributed by atoms with van der Waals surface area (Å²) in [6.07, 6.45) is 0. The molecule has 0 unspecified atom stereocenters. The highest BCUT2D eigenvalue weighted by atomic mass is 32.2. The van der Waals surface area contributed by atoms with E-state index in [1.807, 2.05) is 84.9 Å². The van der Waals surface area contributed by atoms with Crippen LogP contribution in [-0.4, -0.2) is 27.8 Å². The van der Waals surface area contributed by atoms with Crippen LogP contribution in [0.3, 0.4) is 0 Å². The number of fused-ring (bicyclic) bond motifs is 1. The van der Waals surface area contributed by atoms with E-state index in [-0.39, 0.29) is 12.4 Å². The number of nitrogens with zero attached hydrogens (tertiary/aromatic N) is 3. The molecule has 3 aromatic carbocycles.